The summed E-state index contributed by atoms with van der Waals surface area (Å²) in [5, 5.41) is 11.4. The highest BCUT2D eigenvalue weighted by Crippen LogP contribution is 2.37. The molecule has 2 unspecified atom stereocenters. The van der Waals surface area contributed by atoms with Crippen LogP contribution in [-0.2, 0) is 24.7 Å². The van der Waals surface area contributed by atoms with Crippen LogP contribution in [0.15, 0.2) is 83.8 Å². The van der Waals surface area contributed by atoms with E-state index in [1.165, 1.54) is 12.1 Å². The third kappa shape index (κ3) is 4.40. The number of Topliss-reactive ketones (excluding diaryl/α,β-unsaturated/α-hetero) is 1. The first-order valence-corrected chi connectivity index (χ1v) is 10.7. The van der Waals surface area contributed by atoms with Gasteiger partial charge in [0.25, 0.3) is 10.1 Å². The van der Waals surface area contributed by atoms with E-state index in [-0.39, 0.29) is 10.5 Å². The van der Waals surface area contributed by atoms with Gasteiger partial charge in [0.1, 0.15) is 6.61 Å². The first-order valence-electron chi connectivity index (χ1n) is 9.31. The van der Waals surface area contributed by atoms with E-state index < -0.39 is 33.5 Å². The van der Waals surface area contributed by atoms with Gasteiger partial charge in [0.05, 0.1) is 10.3 Å². The molecule has 1 aliphatic carbocycles. The Bertz CT molecular complexity index is 1040. The monoisotopic (exact) mass is 412 g/mol. The lowest BCUT2D eigenvalue weighted by Crippen LogP contribution is -2.48. The molecule has 0 aromatic heterocycles. The molecule has 0 aliphatic heterocycles. The molecule has 0 fully saturated rings. The molecule has 0 heterocycles. The number of benzene rings is 2. The van der Waals surface area contributed by atoms with Crippen molar-refractivity contribution in [2.45, 2.75) is 30.8 Å². The fourth-order valence-electron chi connectivity index (χ4n) is 3.30. The Morgan fingerprint density at radius 3 is 2.34 bits per heavy atom. The predicted molar refractivity (Wildman–Crippen MR) is 111 cm³/mol. The number of aryl methyl sites for hydroxylation is 1. The molecule has 29 heavy (non-hydrogen) atoms. The van der Waals surface area contributed by atoms with Gasteiger partial charge in [-0.2, -0.15) is 8.42 Å². The summed E-state index contributed by atoms with van der Waals surface area (Å²) in [5.74, 6) is -0.518. The van der Waals surface area contributed by atoms with Gasteiger partial charge in [-0.05, 0) is 38.0 Å². The van der Waals surface area contributed by atoms with E-state index in [2.05, 4.69) is 0 Å². The van der Waals surface area contributed by atoms with Crippen LogP contribution in [0.25, 0.3) is 0 Å². The second-order valence-electron chi connectivity index (χ2n) is 7.49. The maximum absolute atomic E-state index is 13.4. The number of ketones is 1. The average molecular weight is 413 g/mol. The van der Waals surface area contributed by atoms with Gasteiger partial charge in [0.2, 0.25) is 0 Å². The van der Waals surface area contributed by atoms with Crippen LogP contribution in [0.2, 0.25) is 0 Å². The van der Waals surface area contributed by atoms with E-state index in [0.29, 0.717) is 6.42 Å². The molecular formula is C23H24O5S. The normalized spacial score (nSPS) is 20.9. The molecular weight excluding hydrogens is 388 g/mol. The Morgan fingerprint density at radius 2 is 1.76 bits per heavy atom. The minimum atomic E-state index is -4.15. The Labute approximate surface area is 171 Å². The molecule has 1 aliphatic rings. The maximum atomic E-state index is 13.4. The number of allylic oxidation sites excluding steroid dienone is 4. The smallest absolute Gasteiger partial charge is 0.297 e. The van der Waals surface area contributed by atoms with Crippen molar-refractivity contribution < 1.29 is 22.5 Å². The molecule has 2 atom stereocenters. The largest absolute Gasteiger partial charge is 0.375 e. The van der Waals surface area contributed by atoms with Gasteiger partial charge in [-0.3, -0.25) is 8.98 Å². The van der Waals surface area contributed by atoms with Crippen molar-refractivity contribution in [3.63, 3.8) is 0 Å². The number of rotatable bonds is 7. The molecule has 152 valence electrons. The summed E-state index contributed by atoms with van der Waals surface area (Å²) in [4.78, 5) is 13.4. The molecule has 1 N–H and O–H groups in total. The van der Waals surface area contributed by atoms with E-state index in [0.717, 1.165) is 5.56 Å². The van der Waals surface area contributed by atoms with Crippen molar-refractivity contribution in [3.8, 4) is 0 Å². The topological polar surface area (TPSA) is 80.7 Å². The summed E-state index contributed by atoms with van der Waals surface area (Å²) in [6.45, 7) is 2.85. The molecule has 5 nitrogen and oxygen atoms in total. The van der Waals surface area contributed by atoms with Crippen molar-refractivity contribution >= 4 is 15.9 Å². The molecule has 0 saturated carbocycles. The number of carbonyl (C=O) groups is 1. The number of hydrogen-bond donors (Lipinski definition) is 1. The maximum Gasteiger partial charge on any atom is 0.297 e. The second kappa shape index (κ2) is 8.06. The van der Waals surface area contributed by atoms with Crippen molar-refractivity contribution in [1.29, 1.82) is 0 Å². The summed E-state index contributed by atoms with van der Waals surface area (Å²) in [6.07, 6.45) is 7.54. The predicted octanol–water partition coefficient (Wildman–Crippen LogP) is 3.68. The Balaban J connectivity index is 1.94. The highest BCUT2D eigenvalue weighted by atomic mass is 32.2. The zero-order chi connectivity index (χ0) is 21.1. The van der Waals surface area contributed by atoms with Gasteiger partial charge in [-0.1, -0.05) is 72.3 Å². The van der Waals surface area contributed by atoms with Crippen LogP contribution in [0.4, 0.5) is 0 Å². The van der Waals surface area contributed by atoms with E-state index >= 15 is 0 Å². The van der Waals surface area contributed by atoms with E-state index in [1.807, 2.05) is 19.1 Å². The van der Waals surface area contributed by atoms with Gasteiger partial charge in [0.15, 0.2) is 11.4 Å². The van der Waals surface area contributed by atoms with Crippen LogP contribution < -0.4 is 0 Å². The van der Waals surface area contributed by atoms with Gasteiger partial charge in [-0.25, -0.2) is 0 Å². The number of hydrogen-bond acceptors (Lipinski definition) is 5. The van der Waals surface area contributed by atoms with Crippen molar-refractivity contribution in [2.24, 2.45) is 5.41 Å². The second-order valence-corrected chi connectivity index (χ2v) is 9.11. The van der Waals surface area contributed by atoms with Gasteiger partial charge in [0, 0.05) is 0 Å². The quantitative estimate of drug-likeness (QED) is 0.702. The highest BCUT2D eigenvalue weighted by Gasteiger charge is 2.47. The SMILES string of the molecule is Cc1ccc(S(=O)(=O)OCC(O)(C(=O)C2(C)C=CC=CC2)c2ccccc2)cc1. The lowest BCUT2D eigenvalue weighted by molar-refractivity contribution is -0.149. The summed E-state index contributed by atoms with van der Waals surface area (Å²) in [7, 11) is -4.15. The summed E-state index contributed by atoms with van der Waals surface area (Å²) in [6, 6.07) is 14.5. The Kier molecular flexibility index (Phi) is 5.89. The standard InChI is InChI=1S/C23H24O5S/c1-18-11-13-20(14-12-18)29(26,27)28-17-23(25,19-9-5-3-6-10-19)21(24)22(2)15-7-4-8-16-22/h3-15,25H,16-17H2,1-2H3. The molecule has 0 bridgehead atoms. The Morgan fingerprint density at radius 1 is 1.10 bits per heavy atom. The van der Waals surface area contributed by atoms with E-state index in [9.17, 15) is 18.3 Å². The first kappa shape index (κ1) is 21.2. The zero-order valence-corrected chi connectivity index (χ0v) is 17.2. The van der Waals surface area contributed by atoms with Gasteiger partial charge in [-0.15, -0.1) is 0 Å². The van der Waals surface area contributed by atoms with E-state index in [4.69, 9.17) is 4.18 Å². The molecule has 6 heteroatoms. The van der Waals surface area contributed by atoms with Crippen LogP contribution in [0, 0.1) is 12.3 Å². The molecule has 2 aromatic rings. The van der Waals surface area contributed by atoms with Crippen LogP contribution in [-0.4, -0.2) is 25.9 Å². The summed E-state index contributed by atoms with van der Waals surface area (Å²) < 4.78 is 30.5. The van der Waals surface area contributed by atoms with Crippen LogP contribution in [0.3, 0.4) is 0 Å². The number of aliphatic hydroxyl groups is 1. The van der Waals surface area contributed by atoms with Gasteiger partial charge >= 0.3 is 0 Å². The average Bonchev–Trinajstić information content (AvgIpc) is 2.73. The third-order valence-corrected chi connectivity index (χ3v) is 6.41. The van der Waals surface area contributed by atoms with Crippen LogP contribution in [0.5, 0.6) is 0 Å². The lowest BCUT2D eigenvalue weighted by atomic mass is 9.71. The molecule has 0 saturated heterocycles. The molecule has 0 radical (unpaired) electrons. The minimum Gasteiger partial charge on any atom is -0.375 e. The van der Waals surface area contributed by atoms with Crippen molar-refractivity contribution in [3.05, 3.63) is 90.0 Å². The summed E-state index contributed by atoms with van der Waals surface area (Å²) >= 11 is 0. The molecule has 0 amide bonds. The lowest BCUT2D eigenvalue weighted by Gasteiger charge is -2.35. The molecule has 2 aromatic carbocycles. The van der Waals surface area contributed by atoms with Crippen molar-refractivity contribution in [1.82, 2.24) is 0 Å². The van der Waals surface area contributed by atoms with E-state index in [1.54, 1.807) is 61.5 Å². The zero-order valence-electron chi connectivity index (χ0n) is 16.4. The fourth-order valence-corrected chi connectivity index (χ4v) is 4.23. The van der Waals surface area contributed by atoms with Crippen LogP contribution in [0.1, 0.15) is 24.5 Å². The molecule has 0 spiro atoms. The highest BCUT2D eigenvalue weighted by molar-refractivity contribution is 7.86. The van der Waals surface area contributed by atoms with Crippen LogP contribution >= 0.6 is 0 Å². The first-order chi connectivity index (χ1) is 13.7. The minimum absolute atomic E-state index is 0.0299. The third-order valence-electron chi connectivity index (χ3n) is 5.13. The van der Waals surface area contributed by atoms with Crippen molar-refractivity contribution in [2.75, 3.05) is 6.61 Å². The van der Waals surface area contributed by atoms with Gasteiger partial charge < -0.3 is 5.11 Å². The number of carbonyl (C=O) groups excluding carboxylic acids is 1. The summed E-state index contributed by atoms with van der Waals surface area (Å²) in [5.41, 5.74) is -1.90. The molecule has 3 rings (SSSR count). The Hall–Kier alpha value is -2.54. The fraction of sp³-hybridized carbons (Fsp3) is 0.261.